The molecule has 2 aromatic carbocycles. The van der Waals surface area contributed by atoms with Gasteiger partial charge in [-0.05, 0) is 61.4 Å². The van der Waals surface area contributed by atoms with Crippen LogP contribution >= 0.6 is 11.6 Å². The van der Waals surface area contributed by atoms with Crippen molar-refractivity contribution in [3.8, 4) is 0 Å². The highest BCUT2D eigenvalue weighted by atomic mass is 35.5. The molecule has 2 aromatic rings. The van der Waals surface area contributed by atoms with Gasteiger partial charge in [0.1, 0.15) is 0 Å². The van der Waals surface area contributed by atoms with Crippen molar-refractivity contribution in [3.05, 3.63) is 52.5 Å². The van der Waals surface area contributed by atoms with E-state index in [0.29, 0.717) is 19.5 Å². The zero-order valence-electron chi connectivity index (χ0n) is 16.7. The Bertz CT molecular complexity index is 962. The second kappa shape index (κ2) is 7.95. The van der Waals surface area contributed by atoms with Crippen LogP contribution in [0.4, 0.5) is 17.1 Å². The van der Waals surface area contributed by atoms with Gasteiger partial charge in [0.25, 0.3) is 0 Å². The van der Waals surface area contributed by atoms with E-state index in [1.165, 1.54) is 0 Å². The largest absolute Gasteiger partial charge is 0.376 e. The van der Waals surface area contributed by atoms with E-state index in [2.05, 4.69) is 28.5 Å². The number of anilines is 3. The maximum atomic E-state index is 12.7. The lowest BCUT2D eigenvalue weighted by Gasteiger charge is -2.41. The summed E-state index contributed by atoms with van der Waals surface area (Å²) in [5, 5.41) is 6.79. The van der Waals surface area contributed by atoms with Gasteiger partial charge < -0.3 is 20.4 Å². The monoisotopic (exact) mass is 412 g/mol. The smallest absolute Gasteiger partial charge is 0.242 e. The van der Waals surface area contributed by atoms with Crippen molar-refractivity contribution in [1.82, 2.24) is 4.90 Å². The summed E-state index contributed by atoms with van der Waals surface area (Å²) in [5.74, 6) is 0.0921. The molecular formula is C22H25ClN4O2. The summed E-state index contributed by atoms with van der Waals surface area (Å²) in [6, 6.07) is 12.0. The fourth-order valence-corrected chi connectivity index (χ4v) is 4.12. The summed E-state index contributed by atoms with van der Waals surface area (Å²) in [6.07, 6.45) is 0.391. The zero-order chi connectivity index (χ0) is 20.5. The molecule has 4 rings (SSSR count). The van der Waals surface area contributed by atoms with Gasteiger partial charge in [0.15, 0.2) is 0 Å². The first-order valence-electron chi connectivity index (χ1n) is 9.88. The number of nitrogens with one attached hydrogen (secondary N) is 2. The quantitative estimate of drug-likeness (QED) is 0.808. The number of carbonyl (C=O) groups excluding carboxylic acids is 2. The van der Waals surface area contributed by atoms with Gasteiger partial charge in [-0.25, -0.2) is 0 Å². The molecule has 0 bridgehead atoms. The van der Waals surface area contributed by atoms with Crippen molar-refractivity contribution in [3.63, 3.8) is 0 Å². The van der Waals surface area contributed by atoms with Gasteiger partial charge in [0.2, 0.25) is 11.8 Å². The second-order valence-corrected chi connectivity index (χ2v) is 8.17. The fourth-order valence-electron chi connectivity index (χ4n) is 4.00. The average Bonchev–Trinajstić information content (AvgIpc) is 3.07. The first-order valence-corrected chi connectivity index (χ1v) is 10.3. The molecule has 2 N–H and O–H groups in total. The Kier molecular flexibility index (Phi) is 5.37. The Morgan fingerprint density at radius 1 is 1.24 bits per heavy atom. The molecular weight excluding hydrogens is 388 g/mol. The Morgan fingerprint density at radius 2 is 2.07 bits per heavy atom. The van der Waals surface area contributed by atoms with Gasteiger partial charge in [0, 0.05) is 47.8 Å². The number of nitrogens with zero attached hydrogens (tertiary/aromatic N) is 2. The summed E-state index contributed by atoms with van der Waals surface area (Å²) >= 11 is 6.15. The minimum absolute atomic E-state index is 0.0102. The Hall–Kier alpha value is -2.73. The third-order valence-electron chi connectivity index (χ3n) is 5.63. The number of aryl methyl sites for hydroxylation is 1. The van der Waals surface area contributed by atoms with E-state index >= 15 is 0 Å². The number of fused-ring (bicyclic) bond motifs is 1. The van der Waals surface area contributed by atoms with Crippen molar-refractivity contribution >= 4 is 40.5 Å². The van der Waals surface area contributed by atoms with Crippen molar-refractivity contribution in [2.75, 3.05) is 41.7 Å². The molecule has 2 heterocycles. The predicted molar refractivity (Wildman–Crippen MR) is 117 cm³/mol. The first kappa shape index (κ1) is 19.6. The second-order valence-electron chi connectivity index (χ2n) is 7.77. The molecule has 6 nitrogen and oxygen atoms in total. The lowest BCUT2D eigenvalue weighted by Crippen LogP contribution is -2.54. The summed E-state index contributed by atoms with van der Waals surface area (Å²) in [4.78, 5) is 28.4. The van der Waals surface area contributed by atoms with Gasteiger partial charge in [-0.3, -0.25) is 9.59 Å². The molecule has 2 aliphatic heterocycles. The highest BCUT2D eigenvalue weighted by molar-refractivity contribution is 6.31. The van der Waals surface area contributed by atoms with Crippen LogP contribution < -0.4 is 15.5 Å². The number of halogens is 1. The van der Waals surface area contributed by atoms with E-state index in [1.54, 1.807) is 0 Å². The minimum atomic E-state index is 0.0102. The maximum Gasteiger partial charge on any atom is 0.242 e. The van der Waals surface area contributed by atoms with Crippen LogP contribution in [0, 0.1) is 6.92 Å². The van der Waals surface area contributed by atoms with Crippen LogP contribution in [-0.4, -0.2) is 48.9 Å². The Morgan fingerprint density at radius 3 is 2.83 bits per heavy atom. The van der Waals surface area contributed by atoms with E-state index < -0.39 is 0 Å². The number of rotatable bonds is 4. The predicted octanol–water partition coefficient (Wildman–Crippen LogP) is 3.29. The van der Waals surface area contributed by atoms with E-state index in [4.69, 9.17) is 11.6 Å². The number of hydrogen-bond donors (Lipinski definition) is 2. The van der Waals surface area contributed by atoms with Gasteiger partial charge in [-0.15, -0.1) is 0 Å². The fraction of sp³-hybridized carbons (Fsp3) is 0.364. The topological polar surface area (TPSA) is 64.7 Å². The molecule has 1 atom stereocenters. The number of amides is 2. The third-order valence-corrected chi connectivity index (χ3v) is 6.05. The van der Waals surface area contributed by atoms with Crippen LogP contribution in [-0.2, 0) is 16.0 Å². The molecule has 0 radical (unpaired) electrons. The van der Waals surface area contributed by atoms with E-state index in [1.807, 2.05) is 42.2 Å². The SMILES string of the molecule is Cc1cc(N2CCN(C(=O)CNc3ccc4c(c3)CC(=O)N4)C[C@H]2C)ccc1Cl. The molecule has 1 saturated heterocycles. The molecule has 2 aliphatic rings. The molecule has 0 aromatic heterocycles. The van der Waals surface area contributed by atoms with Crippen LogP contribution in [0.25, 0.3) is 0 Å². The van der Waals surface area contributed by atoms with E-state index in [0.717, 1.165) is 39.8 Å². The molecule has 29 heavy (non-hydrogen) atoms. The van der Waals surface area contributed by atoms with Gasteiger partial charge in [-0.1, -0.05) is 11.6 Å². The molecule has 0 spiro atoms. The van der Waals surface area contributed by atoms with Crippen molar-refractivity contribution in [2.45, 2.75) is 26.3 Å². The number of benzene rings is 2. The standard InChI is InChI=1S/C22H25ClN4O2/c1-14-9-18(4-5-19(14)23)27-8-7-26(13-15(27)2)22(29)12-24-17-3-6-20-16(10-17)11-21(28)25-20/h3-6,9-10,15,24H,7-8,11-13H2,1-2H3,(H,25,28)/t15-/m1/s1. The molecule has 0 saturated carbocycles. The summed E-state index contributed by atoms with van der Waals surface area (Å²) in [6.45, 7) is 6.56. The molecule has 2 amide bonds. The zero-order valence-corrected chi connectivity index (χ0v) is 17.4. The van der Waals surface area contributed by atoms with Crippen LogP contribution in [0.2, 0.25) is 5.02 Å². The van der Waals surface area contributed by atoms with Crippen molar-refractivity contribution in [2.24, 2.45) is 0 Å². The number of piperazine rings is 1. The number of carbonyl (C=O) groups is 2. The highest BCUT2D eigenvalue weighted by Crippen LogP contribution is 2.27. The lowest BCUT2D eigenvalue weighted by atomic mass is 10.1. The van der Waals surface area contributed by atoms with Crippen LogP contribution in [0.5, 0.6) is 0 Å². The van der Waals surface area contributed by atoms with Gasteiger partial charge in [0.05, 0.1) is 13.0 Å². The normalized spacial score (nSPS) is 18.4. The summed E-state index contributed by atoms with van der Waals surface area (Å²) in [5.41, 5.74) is 4.88. The van der Waals surface area contributed by atoms with Gasteiger partial charge in [-0.2, -0.15) is 0 Å². The van der Waals surface area contributed by atoms with Crippen LogP contribution in [0.1, 0.15) is 18.1 Å². The third kappa shape index (κ3) is 4.17. The Balaban J connectivity index is 1.33. The minimum Gasteiger partial charge on any atom is -0.376 e. The molecule has 0 unspecified atom stereocenters. The summed E-state index contributed by atoms with van der Waals surface area (Å²) in [7, 11) is 0. The Labute approximate surface area is 175 Å². The molecule has 1 fully saturated rings. The number of hydrogen-bond acceptors (Lipinski definition) is 4. The maximum absolute atomic E-state index is 12.7. The van der Waals surface area contributed by atoms with Gasteiger partial charge >= 0.3 is 0 Å². The van der Waals surface area contributed by atoms with Crippen LogP contribution in [0.15, 0.2) is 36.4 Å². The highest BCUT2D eigenvalue weighted by Gasteiger charge is 2.27. The first-order chi connectivity index (χ1) is 13.9. The molecule has 7 heteroatoms. The van der Waals surface area contributed by atoms with Crippen molar-refractivity contribution in [1.29, 1.82) is 0 Å². The van der Waals surface area contributed by atoms with E-state index in [-0.39, 0.29) is 24.4 Å². The van der Waals surface area contributed by atoms with Crippen molar-refractivity contribution < 1.29 is 9.59 Å². The van der Waals surface area contributed by atoms with E-state index in [9.17, 15) is 9.59 Å². The lowest BCUT2D eigenvalue weighted by molar-refractivity contribution is -0.130. The average molecular weight is 413 g/mol. The molecule has 152 valence electrons. The molecule has 0 aliphatic carbocycles. The van der Waals surface area contributed by atoms with Crippen LogP contribution in [0.3, 0.4) is 0 Å². The summed E-state index contributed by atoms with van der Waals surface area (Å²) < 4.78 is 0.